The van der Waals surface area contributed by atoms with Gasteiger partial charge in [-0.25, -0.2) is 0 Å². The smallest absolute Gasteiger partial charge is 0.137 e. The zero-order valence-electron chi connectivity index (χ0n) is 11.8. The van der Waals surface area contributed by atoms with E-state index in [2.05, 4.69) is 18.1 Å². The van der Waals surface area contributed by atoms with Crippen LogP contribution in [0.3, 0.4) is 0 Å². The van der Waals surface area contributed by atoms with E-state index < -0.39 is 0 Å². The van der Waals surface area contributed by atoms with Gasteiger partial charge >= 0.3 is 0 Å². The Morgan fingerprint density at radius 2 is 1.95 bits per heavy atom. The zero-order valence-corrected chi connectivity index (χ0v) is 11.8. The van der Waals surface area contributed by atoms with Gasteiger partial charge in [-0.3, -0.25) is 4.98 Å². The second-order valence-electron chi connectivity index (χ2n) is 4.92. The van der Waals surface area contributed by atoms with E-state index in [4.69, 9.17) is 4.42 Å². The van der Waals surface area contributed by atoms with E-state index in [-0.39, 0.29) is 5.75 Å². The van der Waals surface area contributed by atoms with Crippen molar-refractivity contribution in [3.63, 3.8) is 0 Å². The van der Waals surface area contributed by atoms with Crippen molar-refractivity contribution in [2.75, 3.05) is 0 Å². The lowest BCUT2D eigenvalue weighted by Crippen LogP contribution is -1.86. The molecule has 2 aromatic heterocycles. The Labute approximate surface area is 122 Å². The fraction of sp³-hybridized carbons (Fsp3) is 0.0556. The number of benzene rings is 1. The third-order valence-electron chi connectivity index (χ3n) is 3.37. The van der Waals surface area contributed by atoms with E-state index in [0.29, 0.717) is 11.5 Å². The quantitative estimate of drug-likeness (QED) is 0.748. The van der Waals surface area contributed by atoms with Crippen LogP contribution >= 0.6 is 0 Å². The summed E-state index contributed by atoms with van der Waals surface area (Å²) in [5.74, 6) is 1.55. The molecule has 0 aliphatic rings. The van der Waals surface area contributed by atoms with Crippen molar-refractivity contribution in [2.45, 2.75) is 6.92 Å². The summed E-state index contributed by atoms with van der Waals surface area (Å²) in [7, 11) is 0. The molecule has 0 spiro atoms. The predicted octanol–water partition coefficient (Wildman–Crippen LogP) is 4.79. The number of hydrogen-bond acceptors (Lipinski definition) is 3. The molecule has 3 nitrogen and oxygen atoms in total. The minimum absolute atomic E-state index is 0.150. The van der Waals surface area contributed by atoms with Crippen LogP contribution in [0.2, 0.25) is 0 Å². The Balaban J connectivity index is 2.31. The molecule has 1 N–H and O–H groups in total. The Bertz CT molecular complexity index is 828. The summed E-state index contributed by atoms with van der Waals surface area (Å²) in [6.45, 7) is 9.53. The van der Waals surface area contributed by atoms with Crippen molar-refractivity contribution < 1.29 is 9.52 Å². The first-order valence-electron chi connectivity index (χ1n) is 6.61. The van der Waals surface area contributed by atoms with E-state index in [9.17, 15) is 5.11 Å². The van der Waals surface area contributed by atoms with Crippen LogP contribution in [-0.2, 0) is 0 Å². The molecule has 1 aromatic carbocycles. The third-order valence-corrected chi connectivity index (χ3v) is 3.37. The molecule has 21 heavy (non-hydrogen) atoms. The van der Waals surface area contributed by atoms with Crippen molar-refractivity contribution >= 4 is 23.1 Å². The van der Waals surface area contributed by atoms with Crippen LogP contribution in [0.15, 0.2) is 48.0 Å². The first-order valence-corrected chi connectivity index (χ1v) is 6.61. The van der Waals surface area contributed by atoms with Crippen LogP contribution in [0.1, 0.15) is 16.9 Å². The maximum Gasteiger partial charge on any atom is 0.137 e. The van der Waals surface area contributed by atoms with Crippen LogP contribution in [0.5, 0.6) is 5.75 Å². The summed E-state index contributed by atoms with van der Waals surface area (Å²) in [4.78, 5) is 4.33. The lowest BCUT2D eigenvalue weighted by molar-refractivity contribution is 0.474. The molecular weight excluding hydrogens is 262 g/mol. The van der Waals surface area contributed by atoms with E-state index >= 15 is 0 Å². The number of nitrogens with zero attached hydrogens (tertiary/aromatic N) is 1. The third kappa shape index (κ3) is 2.23. The zero-order chi connectivity index (χ0) is 15.0. The summed E-state index contributed by atoms with van der Waals surface area (Å²) in [5, 5.41) is 10.5. The fourth-order valence-electron chi connectivity index (χ4n) is 2.45. The van der Waals surface area contributed by atoms with Crippen molar-refractivity contribution in [3.05, 3.63) is 60.5 Å². The molecule has 0 amide bonds. The normalized spacial score (nSPS) is 10.7. The molecule has 0 aliphatic carbocycles. The first-order chi connectivity index (χ1) is 10.1. The molecule has 0 fully saturated rings. The van der Waals surface area contributed by atoms with Crippen LogP contribution in [0.4, 0.5) is 0 Å². The molecule has 0 unspecified atom stereocenters. The van der Waals surface area contributed by atoms with Crippen molar-refractivity contribution in [1.82, 2.24) is 4.98 Å². The van der Waals surface area contributed by atoms with Gasteiger partial charge in [-0.05, 0) is 42.8 Å². The summed E-state index contributed by atoms with van der Waals surface area (Å²) in [6.07, 6.45) is 4.84. The molecule has 3 aromatic rings. The molecule has 2 heterocycles. The van der Waals surface area contributed by atoms with Gasteiger partial charge < -0.3 is 9.52 Å². The minimum Gasteiger partial charge on any atom is -0.506 e. The number of hydrogen-bond donors (Lipinski definition) is 1. The van der Waals surface area contributed by atoms with Crippen LogP contribution in [0.25, 0.3) is 34.4 Å². The molecule has 0 radical (unpaired) electrons. The van der Waals surface area contributed by atoms with Gasteiger partial charge in [0.05, 0.1) is 11.7 Å². The molecule has 0 saturated carbocycles. The highest BCUT2D eigenvalue weighted by Crippen LogP contribution is 2.33. The van der Waals surface area contributed by atoms with E-state index in [1.165, 1.54) is 6.20 Å². The summed E-state index contributed by atoms with van der Waals surface area (Å²) >= 11 is 0. The summed E-state index contributed by atoms with van der Waals surface area (Å²) in [6, 6.07) is 7.62. The number of pyridine rings is 1. The van der Waals surface area contributed by atoms with E-state index in [1.807, 2.05) is 25.1 Å². The SMILES string of the molecule is C=Cc1cc(-c2cc(C)cc3cc(O)cnc23)oc1C=C. The van der Waals surface area contributed by atoms with Crippen LogP contribution in [0, 0.1) is 6.92 Å². The second kappa shape index (κ2) is 4.94. The Hall–Kier alpha value is -2.81. The Kier molecular flexibility index (Phi) is 3.10. The Morgan fingerprint density at radius 1 is 1.14 bits per heavy atom. The molecule has 3 rings (SSSR count). The van der Waals surface area contributed by atoms with Gasteiger partial charge in [0.25, 0.3) is 0 Å². The molecule has 0 bridgehead atoms. The highest BCUT2D eigenvalue weighted by molar-refractivity contribution is 5.94. The molecule has 3 heteroatoms. The van der Waals surface area contributed by atoms with Gasteiger partial charge in [0.2, 0.25) is 0 Å². The number of furan rings is 1. The molecular formula is C18H15NO2. The number of aryl methyl sites for hydroxylation is 1. The van der Waals surface area contributed by atoms with Crippen molar-refractivity contribution in [1.29, 1.82) is 0 Å². The highest BCUT2D eigenvalue weighted by Gasteiger charge is 2.13. The maximum atomic E-state index is 9.59. The fourth-order valence-corrected chi connectivity index (χ4v) is 2.45. The molecule has 0 saturated heterocycles. The molecule has 0 atom stereocenters. The van der Waals surface area contributed by atoms with Crippen LogP contribution in [-0.4, -0.2) is 10.1 Å². The second-order valence-corrected chi connectivity index (χ2v) is 4.92. The summed E-state index contributed by atoms with van der Waals surface area (Å²) in [5.41, 5.74) is 3.65. The lowest BCUT2D eigenvalue weighted by Gasteiger charge is -2.06. The largest absolute Gasteiger partial charge is 0.506 e. The Morgan fingerprint density at radius 3 is 2.62 bits per heavy atom. The van der Waals surface area contributed by atoms with Gasteiger partial charge in [0.1, 0.15) is 17.3 Å². The first kappa shape index (κ1) is 13.2. The lowest BCUT2D eigenvalue weighted by atomic mass is 10.0. The van der Waals surface area contributed by atoms with Crippen molar-refractivity contribution in [3.8, 4) is 17.1 Å². The summed E-state index contributed by atoms with van der Waals surface area (Å²) < 4.78 is 5.84. The highest BCUT2D eigenvalue weighted by atomic mass is 16.3. The van der Waals surface area contributed by atoms with Gasteiger partial charge in [-0.15, -0.1) is 0 Å². The predicted molar refractivity (Wildman–Crippen MR) is 86.0 cm³/mol. The van der Waals surface area contributed by atoms with E-state index in [1.54, 1.807) is 18.2 Å². The van der Waals surface area contributed by atoms with Gasteiger partial charge in [0.15, 0.2) is 0 Å². The van der Waals surface area contributed by atoms with Crippen molar-refractivity contribution in [2.24, 2.45) is 0 Å². The number of rotatable bonds is 3. The van der Waals surface area contributed by atoms with Gasteiger partial charge in [-0.1, -0.05) is 19.2 Å². The average Bonchev–Trinajstić information content (AvgIpc) is 2.89. The van der Waals surface area contributed by atoms with Crippen LogP contribution < -0.4 is 0 Å². The average molecular weight is 277 g/mol. The molecule has 0 aliphatic heterocycles. The van der Waals surface area contributed by atoms with Gasteiger partial charge in [0, 0.05) is 16.5 Å². The maximum absolute atomic E-state index is 9.59. The number of aromatic nitrogens is 1. The van der Waals surface area contributed by atoms with E-state index in [0.717, 1.165) is 27.6 Å². The topological polar surface area (TPSA) is 46.3 Å². The monoisotopic (exact) mass is 277 g/mol. The number of aromatic hydroxyl groups is 1. The molecule has 104 valence electrons. The number of fused-ring (bicyclic) bond motifs is 1. The van der Waals surface area contributed by atoms with Gasteiger partial charge in [-0.2, -0.15) is 0 Å². The minimum atomic E-state index is 0.150. The standard InChI is InChI=1S/C18H15NO2/c1-4-12-9-17(21-16(12)5-2)15-7-11(3)6-13-8-14(20)10-19-18(13)15/h4-10,20H,1-2H2,3H3.